The fourth-order valence-electron chi connectivity index (χ4n) is 3.84. The summed E-state index contributed by atoms with van der Waals surface area (Å²) in [6.45, 7) is 0. The van der Waals surface area contributed by atoms with Gasteiger partial charge in [0.25, 0.3) is 11.8 Å². The fraction of sp³-hybridized carbons (Fsp3) is 0.111. The molecule has 4 aromatic rings. The molecule has 11 nitrogen and oxygen atoms in total. The molecule has 0 radical (unpaired) electrons. The van der Waals surface area contributed by atoms with Crippen LogP contribution < -0.4 is 25.8 Å². The SMILES string of the molecule is COc1ccc(C(=O)NNC(=O)c2c(Cc3cccc(OC)c3)c(-c3ccc(F)cc3)nn2NC(=O)O)cc1. The van der Waals surface area contributed by atoms with Crippen molar-refractivity contribution in [1.82, 2.24) is 20.7 Å². The molecule has 0 fully saturated rings. The minimum Gasteiger partial charge on any atom is -0.497 e. The van der Waals surface area contributed by atoms with Gasteiger partial charge in [0.15, 0.2) is 5.69 Å². The van der Waals surface area contributed by atoms with Crippen LogP contribution in [-0.2, 0) is 6.42 Å². The van der Waals surface area contributed by atoms with E-state index in [-0.39, 0.29) is 23.4 Å². The molecule has 0 aliphatic rings. The first-order valence-electron chi connectivity index (χ1n) is 11.5. The average Bonchev–Trinajstić information content (AvgIpc) is 3.28. The number of benzene rings is 3. The molecule has 0 spiro atoms. The maximum atomic E-state index is 13.6. The predicted molar refractivity (Wildman–Crippen MR) is 139 cm³/mol. The second-order valence-electron chi connectivity index (χ2n) is 8.18. The third kappa shape index (κ3) is 6.31. The lowest BCUT2D eigenvalue weighted by atomic mass is 9.98. The van der Waals surface area contributed by atoms with Crippen LogP contribution >= 0.6 is 0 Å². The first-order chi connectivity index (χ1) is 18.8. The maximum Gasteiger partial charge on any atom is 0.425 e. The van der Waals surface area contributed by atoms with E-state index in [0.717, 1.165) is 10.4 Å². The maximum absolute atomic E-state index is 13.6. The number of hydrogen-bond donors (Lipinski definition) is 4. The molecule has 3 amide bonds. The first kappa shape index (κ1) is 26.7. The monoisotopic (exact) mass is 533 g/mol. The third-order valence-corrected chi connectivity index (χ3v) is 5.67. The van der Waals surface area contributed by atoms with Gasteiger partial charge in [-0.05, 0) is 66.2 Å². The number of hydrogen-bond acceptors (Lipinski definition) is 6. The zero-order valence-electron chi connectivity index (χ0n) is 20.9. The number of hydrazine groups is 1. The van der Waals surface area contributed by atoms with Crippen molar-refractivity contribution in [1.29, 1.82) is 0 Å². The van der Waals surface area contributed by atoms with Crippen LogP contribution in [0.5, 0.6) is 11.5 Å². The first-order valence-corrected chi connectivity index (χ1v) is 11.5. The summed E-state index contributed by atoms with van der Waals surface area (Å²) in [5.74, 6) is -0.810. The van der Waals surface area contributed by atoms with Gasteiger partial charge in [0.1, 0.15) is 17.3 Å². The van der Waals surface area contributed by atoms with E-state index >= 15 is 0 Å². The number of carbonyl (C=O) groups excluding carboxylic acids is 2. The predicted octanol–water partition coefficient (Wildman–Crippen LogP) is 3.59. The van der Waals surface area contributed by atoms with Crippen LogP contribution in [0.4, 0.5) is 9.18 Å². The Morgan fingerprint density at radius 2 is 1.56 bits per heavy atom. The van der Waals surface area contributed by atoms with Crippen LogP contribution in [0.15, 0.2) is 72.8 Å². The summed E-state index contributed by atoms with van der Waals surface area (Å²) in [4.78, 5) is 38.3. The van der Waals surface area contributed by atoms with Crippen LogP contribution in [0.3, 0.4) is 0 Å². The van der Waals surface area contributed by atoms with E-state index in [1.807, 2.05) is 0 Å². The molecule has 4 rings (SSSR count). The molecule has 0 atom stereocenters. The number of nitrogens with one attached hydrogen (secondary N) is 3. The van der Waals surface area contributed by atoms with E-state index in [1.165, 1.54) is 50.6 Å². The van der Waals surface area contributed by atoms with Gasteiger partial charge in [0.2, 0.25) is 0 Å². The summed E-state index contributed by atoms with van der Waals surface area (Å²) >= 11 is 0. The van der Waals surface area contributed by atoms with Crippen LogP contribution in [0.1, 0.15) is 32.0 Å². The molecule has 12 heteroatoms. The molecule has 0 aliphatic heterocycles. The van der Waals surface area contributed by atoms with E-state index in [4.69, 9.17) is 9.47 Å². The van der Waals surface area contributed by atoms with Crippen LogP contribution in [0, 0.1) is 5.82 Å². The number of amides is 3. The third-order valence-electron chi connectivity index (χ3n) is 5.67. The minimum atomic E-state index is -1.48. The highest BCUT2D eigenvalue weighted by atomic mass is 19.1. The Hall–Kier alpha value is -5.39. The standard InChI is InChI=1S/C27H24FN5O6/c1-38-20-12-8-18(9-13-20)25(34)29-30-26(35)24-22(15-16-4-3-5-21(14-16)39-2)23(31-33(24)32-27(36)37)17-6-10-19(28)11-7-17/h3-14,32H,15H2,1-2H3,(H,29,34)(H,30,35)(H,36,37). The molecule has 3 aromatic carbocycles. The van der Waals surface area contributed by atoms with Crippen molar-refractivity contribution >= 4 is 17.9 Å². The molecule has 1 heterocycles. The molecule has 1 aromatic heterocycles. The van der Waals surface area contributed by atoms with E-state index in [1.54, 1.807) is 36.4 Å². The second kappa shape index (κ2) is 11.8. The van der Waals surface area contributed by atoms with Gasteiger partial charge in [0.05, 0.1) is 19.9 Å². The highest BCUT2D eigenvalue weighted by molar-refractivity contribution is 6.00. The fourth-order valence-corrected chi connectivity index (χ4v) is 3.84. The number of methoxy groups -OCH3 is 2. The van der Waals surface area contributed by atoms with Gasteiger partial charge in [-0.2, -0.15) is 9.89 Å². The zero-order chi connectivity index (χ0) is 27.9. The Kier molecular flexibility index (Phi) is 8.05. The summed E-state index contributed by atoms with van der Waals surface area (Å²) in [5.41, 5.74) is 8.48. The van der Waals surface area contributed by atoms with Crippen molar-refractivity contribution < 1.29 is 33.4 Å². The summed E-state index contributed by atoms with van der Waals surface area (Å²) < 4.78 is 24.0. The molecule has 0 unspecified atom stereocenters. The number of aromatic nitrogens is 2. The number of carboxylic acid groups (broad SMARTS) is 1. The molecule has 0 bridgehead atoms. The van der Waals surface area contributed by atoms with Crippen molar-refractivity contribution in [2.75, 3.05) is 19.6 Å². The van der Waals surface area contributed by atoms with Gasteiger partial charge >= 0.3 is 6.09 Å². The Bertz CT molecular complexity index is 1500. The largest absolute Gasteiger partial charge is 0.497 e. The van der Waals surface area contributed by atoms with Crippen molar-refractivity contribution in [2.24, 2.45) is 0 Å². The van der Waals surface area contributed by atoms with Crippen molar-refractivity contribution in [3.05, 3.63) is 101 Å². The van der Waals surface area contributed by atoms with Crippen LogP contribution in [-0.4, -0.2) is 47.1 Å². The Labute approximate surface area is 222 Å². The summed E-state index contributed by atoms with van der Waals surface area (Å²) in [7, 11) is 3.01. The van der Waals surface area contributed by atoms with E-state index in [0.29, 0.717) is 22.6 Å². The Morgan fingerprint density at radius 3 is 2.21 bits per heavy atom. The van der Waals surface area contributed by atoms with Gasteiger partial charge < -0.3 is 14.6 Å². The lowest BCUT2D eigenvalue weighted by Crippen LogP contribution is -2.43. The highest BCUT2D eigenvalue weighted by Crippen LogP contribution is 2.29. The Morgan fingerprint density at radius 1 is 0.897 bits per heavy atom. The molecule has 0 saturated heterocycles. The quantitative estimate of drug-likeness (QED) is 0.253. The molecule has 200 valence electrons. The Balaban J connectivity index is 1.73. The highest BCUT2D eigenvalue weighted by Gasteiger charge is 2.26. The second-order valence-corrected chi connectivity index (χ2v) is 8.18. The van der Waals surface area contributed by atoms with Crippen molar-refractivity contribution in [3.8, 4) is 22.8 Å². The molecule has 0 saturated carbocycles. The number of carbonyl (C=O) groups is 3. The summed E-state index contributed by atoms with van der Waals surface area (Å²) in [6, 6.07) is 18.6. The van der Waals surface area contributed by atoms with Gasteiger partial charge in [-0.1, -0.05) is 12.1 Å². The topological polar surface area (TPSA) is 144 Å². The van der Waals surface area contributed by atoms with Crippen molar-refractivity contribution in [3.63, 3.8) is 0 Å². The van der Waals surface area contributed by atoms with E-state index < -0.39 is 23.7 Å². The van der Waals surface area contributed by atoms with Gasteiger partial charge in [-0.25, -0.2) is 14.6 Å². The lowest BCUT2D eigenvalue weighted by molar-refractivity contribution is 0.0841. The minimum absolute atomic E-state index is 0.125. The lowest BCUT2D eigenvalue weighted by Gasteiger charge is -2.12. The zero-order valence-corrected chi connectivity index (χ0v) is 20.9. The molecule has 0 aliphatic carbocycles. The number of halogens is 1. The van der Waals surface area contributed by atoms with Gasteiger partial charge in [-0.3, -0.25) is 20.4 Å². The van der Waals surface area contributed by atoms with Crippen LogP contribution in [0.25, 0.3) is 11.3 Å². The van der Waals surface area contributed by atoms with E-state index in [9.17, 15) is 23.9 Å². The van der Waals surface area contributed by atoms with Crippen LogP contribution in [0.2, 0.25) is 0 Å². The molecular formula is C27H24FN5O6. The number of nitrogens with zero attached hydrogens (tertiary/aromatic N) is 2. The number of rotatable bonds is 8. The van der Waals surface area contributed by atoms with Gasteiger partial charge in [0, 0.05) is 23.1 Å². The smallest absolute Gasteiger partial charge is 0.425 e. The molecular weight excluding hydrogens is 509 g/mol. The average molecular weight is 534 g/mol. The van der Waals surface area contributed by atoms with E-state index in [2.05, 4.69) is 21.4 Å². The normalized spacial score (nSPS) is 10.4. The van der Waals surface area contributed by atoms with Crippen molar-refractivity contribution in [2.45, 2.75) is 6.42 Å². The molecule has 4 N–H and O–H groups in total. The summed E-state index contributed by atoms with van der Waals surface area (Å²) in [6.07, 6.45) is -1.35. The number of ether oxygens (including phenoxy) is 2. The van der Waals surface area contributed by atoms with Gasteiger partial charge in [-0.15, -0.1) is 0 Å². The summed E-state index contributed by atoms with van der Waals surface area (Å²) in [5, 5.41) is 13.7. The molecule has 39 heavy (non-hydrogen) atoms.